The van der Waals surface area contributed by atoms with Gasteiger partial charge in [-0.3, -0.25) is 14.2 Å². The maximum Gasteiger partial charge on any atom is 0.266 e. The zero-order valence-electron chi connectivity index (χ0n) is 19.3. The molecule has 8 nitrogen and oxygen atoms in total. The minimum absolute atomic E-state index is 0.0287. The Morgan fingerprint density at radius 1 is 1.29 bits per heavy atom. The van der Waals surface area contributed by atoms with Gasteiger partial charge in [0.25, 0.3) is 12.0 Å². The number of rotatable bonds is 5. The monoisotopic (exact) mass is 484 g/mol. The molecule has 1 amide bonds. The molecule has 2 aromatic heterocycles. The Hall–Kier alpha value is -3.94. The normalized spacial score (nSPS) is 18.6. The number of carbonyl (C=O) groups is 1. The number of alkyl halides is 2. The van der Waals surface area contributed by atoms with Crippen molar-refractivity contribution >= 4 is 22.8 Å². The summed E-state index contributed by atoms with van der Waals surface area (Å²) < 4.78 is 42.3. The number of aromatic nitrogens is 3. The third kappa shape index (κ3) is 4.09. The second-order valence-electron chi connectivity index (χ2n) is 8.68. The fraction of sp³-hybridized carbons (Fsp3) is 0.375. The lowest BCUT2D eigenvalue weighted by Gasteiger charge is -2.23. The number of benzene rings is 1. The average Bonchev–Trinajstić information content (AvgIpc) is 3.27. The van der Waals surface area contributed by atoms with Crippen LogP contribution < -0.4 is 10.9 Å². The molecule has 0 bridgehead atoms. The Balaban J connectivity index is 1.81. The summed E-state index contributed by atoms with van der Waals surface area (Å²) in [6.45, 7) is 3.43. The number of likely N-dealkylation sites (tertiary alicyclic amines) is 1. The number of fused-ring (bicyclic) bond motifs is 1. The maximum absolute atomic E-state index is 14.7. The average molecular weight is 484 g/mol. The fourth-order valence-electron chi connectivity index (χ4n) is 4.53. The van der Waals surface area contributed by atoms with E-state index in [1.54, 1.807) is 6.92 Å². The quantitative estimate of drug-likeness (QED) is 0.594. The first-order valence-corrected chi connectivity index (χ1v) is 10.9. The van der Waals surface area contributed by atoms with Gasteiger partial charge in [-0.2, -0.15) is 5.26 Å². The number of hydrogen-bond donors (Lipinski definition) is 1. The van der Waals surface area contributed by atoms with Crippen molar-refractivity contribution in [3.8, 4) is 6.07 Å². The van der Waals surface area contributed by atoms with E-state index in [4.69, 9.17) is 0 Å². The molecule has 0 unspecified atom stereocenters. The lowest BCUT2D eigenvalue weighted by molar-refractivity contribution is -0.127. The molecular formula is C24H23F3N6O2. The van der Waals surface area contributed by atoms with Gasteiger partial charge in [-0.15, -0.1) is 0 Å². The van der Waals surface area contributed by atoms with Crippen LogP contribution >= 0.6 is 0 Å². The summed E-state index contributed by atoms with van der Waals surface area (Å²) in [5.74, 6) is -0.948. The summed E-state index contributed by atoms with van der Waals surface area (Å²) in [7, 11) is 1.52. The van der Waals surface area contributed by atoms with Crippen molar-refractivity contribution in [3.63, 3.8) is 0 Å². The van der Waals surface area contributed by atoms with Crippen LogP contribution in [0.1, 0.15) is 49.4 Å². The molecule has 3 aromatic rings. The zero-order valence-corrected chi connectivity index (χ0v) is 19.3. The second-order valence-corrected chi connectivity index (χ2v) is 8.68. The highest BCUT2D eigenvalue weighted by molar-refractivity contribution is 5.87. The highest BCUT2D eigenvalue weighted by atomic mass is 19.3. The molecule has 2 atom stereocenters. The molecule has 0 aliphatic carbocycles. The van der Waals surface area contributed by atoms with Crippen molar-refractivity contribution < 1.29 is 18.0 Å². The van der Waals surface area contributed by atoms with E-state index >= 15 is 0 Å². The number of nitriles is 1. The minimum atomic E-state index is -2.96. The molecule has 182 valence electrons. The summed E-state index contributed by atoms with van der Waals surface area (Å²) in [5.41, 5.74) is -1.81. The van der Waals surface area contributed by atoms with E-state index in [-0.39, 0.29) is 35.0 Å². The van der Waals surface area contributed by atoms with E-state index in [0.717, 1.165) is 6.07 Å². The molecule has 4 rings (SSSR count). The molecule has 3 heterocycles. The van der Waals surface area contributed by atoms with Gasteiger partial charge in [0.1, 0.15) is 29.0 Å². The van der Waals surface area contributed by atoms with Crippen LogP contribution in [0.25, 0.3) is 11.0 Å². The lowest BCUT2D eigenvalue weighted by Crippen LogP contribution is -2.38. The lowest BCUT2D eigenvalue weighted by atomic mass is 9.81. The standard InChI is InChI=1S/C24H23F3N6O2/c1-13(15-5-4-6-16(19(15)25)20(26)27)31-21-17-9-18(23(35)32(3)22(17)30-12-29-21)24(10-28)7-8-33(11-24)14(2)34/h4-6,9,12-13,20H,7-8,11H2,1-3H3,(H,29,30,31)/t13-,24+/m1/s1. The molecule has 1 aromatic carbocycles. The summed E-state index contributed by atoms with van der Waals surface area (Å²) in [4.78, 5) is 35.0. The number of carbonyl (C=O) groups excluding carboxylic acids is 1. The molecule has 1 saturated heterocycles. The summed E-state index contributed by atoms with van der Waals surface area (Å²) >= 11 is 0. The van der Waals surface area contributed by atoms with Gasteiger partial charge in [0.2, 0.25) is 5.91 Å². The van der Waals surface area contributed by atoms with Crippen LogP contribution in [0.15, 0.2) is 35.4 Å². The van der Waals surface area contributed by atoms with Gasteiger partial charge in [-0.05, 0) is 19.4 Å². The first-order chi connectivity index (χ1) is 16.6. The Morgan fingerprint density at radius 3 is 2.63 bits per heavy atom. The van der Waals surface area contributed by atoms with Gasteiger partial charge in [-0.25, -0.2) is 23.1 Å². The topological polar surface area (TPSA) is 104 Å². The van der Waals surface area contributed by atoms with Crippen LogP contribution in [0.3, 0.4) is 0 Å². The van der Waals surface area contributed by atoms with Gasteiger partial charge in [0.05, 0.1) is 23.1 Å². The second kappa shape index (κ2) is 9.02. The summed E-state index contributed by atoms with van der Waals surface area (Å²) in [6, 6.07) is 6.81. The smallest absolute Gasteiger partial charge is 0.266 e. The van der Waals surface area contributed by atoms with E-state index < -0.39 is 34.8 Å². The Morgan fingerprint density at radius 2 is 2.00 bits per heavy atom. The van der Waals surface area contributed by atoms with Crippen LogP contribution in [0.4, 0.5) is 19.0 Å². The van der Waals surface area contributed by atoms with Crippen LogP contribution in [-0.2, 0) is 17.3 Å². The Bertz CT molecular complexity index is 1420. The van der Waals surface area contributed by atoms with Crippen LogP contribution in [0, 0.1) is 17.1 Å². The molecule has 0 radical (unpaired) electrons. The number of nitrogens with zero attached hydrogens (tertiary/aromatic N) is 5. The first kappa shape index (κ1) is 24.2. The number of hydrogen-bond acceptors (Lipinski definition) is 6. The van der Waals surface area contributed by atoms with Crippen molar-refractivity contribution in [2.75, 3.05) is 18.4 Å². The number of amides is 1. The van der Waals surface area contributed by atoms with E-state index in [1.807, 2.05) is 0 Å². The van der Waals surface area contributed by atoms with Gasteiger partial charge >= 0.3 is 0 Å². The predicted molar refractivity (Wildman–Crippen MR) is 122 cm³/mol. The zero-order chi connectivity index (χ0) is 25.5. The summed E-state index contributed by atoms with van der Waals surface area (Å²) in [5, 5.41) is 13.5. The van der Waals surface area contributed by atoms with Crippen molar-refractivity contribution in [1.29, 1.82) is 5.26 Å². The molecule has 11 heteroatoms. The third-order valence-electron chi connectivity index (χ3n) is 6.56. The maximum atomic E-state index is 14.7. The summed E-state index contributed by atoms with van der Waals surface area (Å²) in [6.07, 6.45) is -1.43. The Kier molecular flexibility index (Phi) is 6.23. The third-order valence-corrected chi connectivity index (χ3v) is 6.56. The molecule has 35 heavy (non-hydrogen) atoms. The molecule has 1 aliphatic rings. The van der Waals surface area contributed by atoms with Gasteiger partial charge < -0.3 is 10.2 Å². The van der Waals surface area contributed by atoms with Crippen molar-refractivity contribution in [1.82, 2.24) is 19.4 Å². The van der Waals surface area contributed by atoms with E-state index in [1.165, 1.54) is 48.0 Å². The first-order valence-electron chi connectivity index (χ1n) is 10.9. The highest BCUT2D eigenvalue weighted by Crippen LogP contribution is 2.35. The number of anilines is 1. The van der Waals surface area contributed by atoms with Crippen LogP contribution in [0.5, 0.6) is 0 Å². The van der Waals surface area contributed by atoms with E-state index in [0.29, 0.717) is 18.4 Å². The van der Waals surface area contributed by atoms with E-state index in [9.17, 15) is 28.0 Å². The van der Waals surface area contributed by atoms with Gasteiger partial charge in [-0.1, -0.05) is 18.2 Å². The van der Waals surface area contributed by atoms with Crippen molar-refractivity contribution in [2.45, 2.75) is 38.2 Å². The van der Waals surface area contributed by atoms with Crippen LogP contribution in [0.2, 0.25) is 0 Å². The molecule has 1 N–H and O–H groups in total. The number of halogens is 3. The SMILES string of the molecule is CC(=O)N1CC[C@@](C#N)(c2cc3c(N[C@H](C)c4cccc(C(F)F)c4F)ncnc3n(C)c2=O)C1. The van der Waals surface area contributed by atoms with Gasteiger partial charge in [0.15, 0.2) is 0 Å². The van der Waals surface area contributed by atoms with Crippen LogP contribution in [-0.4, -0.2) is 38.4 Å². The Labute approximate surface area is 199 Å². The fourth-order valence-corrected chi connectivity index (χ4v) is 4.53. The largest absolute Gasteiger partial charge is 0.363 e. The molecule has 0 spiro atoms. The molecule has 1 fully saturated rings. The van der Waals surface area contributed by atoms with Crippen molar-refractivity contribution in [2.24, 2.45) is 7.05 Å². The molecule has 0 saturated carbocycles. The predicted octanol–water partition coefficient (Wildman–Crippen LogP) is 3.59. The number of pyridine rings is 1. The minimum Gasteiger partial charge on any atom is -0.363 e. The number of nitrogens with one attached hydrogen (secondary N) is 1. The van der Waals surface area contributed by atoms with Gasteiger partial charge in [0, 0.05) is 38.2 Å². The van der Waals surface area contributed by atoms with Crippen molar-refractivity contribution in [3.05, 3.63) is 63.5 Å². The molecular weight excluding hydrogens is 461 g/mol. The number of aryl methyl sites for hydroxylation is 1. The molecule has 1 aliphatic heterocycles. The highest BCUT2D eigenvalue weighted by Gasteiger charge is 2.43. The van der Waals surface area contributed by atoms with E-state index in [2.05, 4.69) is 21.4 Å².